The zero-order valence-electron chi connectivity index (χ0n) is 10.0. The molecule has 0 amide bonds. The molecule has 0 aliphatic heterocycles. The number of aromatic nitrogens is 3. The fourth-order valence-corrected chi connectivity index (χ4v) is 2.16. The van der Waals surface area contributed by atoms with Gasteiger partial charge < -0.3 is 10.3 Å². The van der Waals surface area contributed by atoms with Crippen LogP contribution in [0.3, 0.4) is 0 Å². The van der Waals surface area contributed by atoms with Crippen molar-refractivity contribution in [3.63, 3.8) is 0 Å². The number of nitrogen functional groups attached to an aromatic ring is 1. The van der Waals surface area contributed by atoms with E-state index < -0.39 is 0 Å². The smallest absolute Gasteiger partial charge is 0.278 e. The number of hydrogen-bond donors (Lipinski definition) is 1. The second-order valence-electron chi connectivity index (χ2n) is 3.99. The summed E-state index contributed by atoms with van der Waals surface area (Å²) in [6.07, 6.45) is 1.62. The molecule has 0 radical (unpaired) electrons. The van der Waals surface area contributed by atoms with Gasteiger partial charge in [-0.15, -0.1) is 0 Å². The van der Waals surface area contributed by atoms with Crippen LogP contribution >= 0.6 is 27.5 Å². The molecule has 0 saturated heterocycles. The molecule has 20 heavy (non-hydrogen) atoms. The first kappa shape index (κ1) is 13.1. The number of nitrogens with two attached hydrogens (primary N) is 1. The molecule has 0 saturated carbocycles. The van der Waals surface area contributed by atoms with Crippen molar-refractivity contribution in [3.8, 4) is 23.0 Å². The maximum absolute atomic E-state index is 5.95. The fourth-order valence-electron chi connectivity index (χ4n) is 1.67. The van der Waals surface area contributed by atoms with Gasteiger partial charge in [0.15, 0.2) is 5.69 Å². The predicted molar refractivity (Wildman–Crippen MR) is 80.1 cm³/mol. The van der Waals surface area contributed by atoms with E-state index in [-0.39, 0.29) is 5.89 Å². The maximum Gasteiger partial charge on any atom is 0.278 e. The molecule has 0 aliphatic rings. The normalized spacial score (nSPS) is 10.7. The van der Waals surface area contributed by atoms with Crippen molar-refractivity contribution < 1.29 is 4.52 Å². The first-order valence-corrected chi connectivity index (χ1v) is 6.82. The van der Waals surface area contributed by atoms with Crippen LogP contribution in [0.2, 0.25) is 5.02 Å². The number of rotatable bonds is 2. The maximum atomic E-state index is 5.95. The summed E-state index contributed by atoms with van der Waals surface area (Å²) in [5, 5.41) is 4.55. The molecule has 2 aromatic heterocycles. The number of halogens is 2. The summed E-state index contributed by atoms with van der Waals surface area (Å²) in [5.74, 6) is 0.728. The average Bonchev–Trinajstić information content (AvgIpc) is 2.92. The van der Waals surface area contributed by atoms with Gasteiger partial charge in [0.2, 0.25) is 5.82 Å². The molecule has 0 atom stereocenters. The first-order valence-electron chi connectivity index (χ1n) is 5.65. The van der Waals surface area contributed by atoms with Crippen molar-refractivity contribution in [1.82, 2.24) is 15.1 Å². The lowest BCUT2D eigenvalue weighted by Crippen LogP contribution is -1.92. The van der Waals surface area contributed by atoms with Gasteiger partial charge >= 0.3 is 0 Å². The fraction of sp³-hybridized carbons (Fsp3) is 0. The molecule has 5 nitrogen and oxygen atoms in total. The molecular formula is C13H8BrClN4O. The lowest BCUT2D eigenvalue weighted by molar-refractivity contribution is 0.431. The molecule has 1 aromatic carbocycles. The standard InChI is InChI=1S/C13H8BrClN4O/c14-8-6-7(3-4-9(8)15)12-18-13(20-19-12)11-10(16)2-1-5-17-11/h1-6H,16H2. The number of anilines is 1. The van der Waals surface area contributed by atoms with E-state index in [4.69, 9.17) is 21.9 Å². The second-order valence-corrected chi connectivity index (χ2v) is 5.25. The number of nitrogens with zero attached hydrogens (tertiary/aromatic N) is 3. The van der Waals surface area contributed by atoms with Gasteiger partial charge in [0, 0.05) is 16.2 Å². The number of benzene rings is 1. The number of pyridine rings is 1. The van der Waals surface area contributed by atoms with Crippen LogP contribution in [0.15, 0.2) is 45.5 Å². The van der Waals surface area contributed by atoms with E-state index in [2.05, 4.69) is 31.1 Å². The molecule has 0 aliphatic carbocycles. The molecule has 0 unspecified atom stereocenters. The van der Waals surface area contributed by atoms with Gasteiger partial charge in [0.1, 0.15) is 0 Å². The highest BCUT2D eigenvalue weighted by molar-refractivity contribution is 9.10. The van der Waals surface area contributed by atoms with Gasteiger partial charge in [-0.25, -0.2) is 4.98 Å². The zero-order chi connectivity index (χ0) is 14.1. The lowest BCUT2D eigenvalue weighted by atomic mass is 10.2. The van der Waals surface area contributed by atoms with Crippen LogP contribution in [0, 0.1) is 0 Å². The first-order chi connectivity index (χ1) is 9.65. The molecule has 0 spiro atoms. The summed E-state index contributed by atoms with van der Waals surface area (Å²) in [6, 6.07) is 8.85. The van der Waals surface area contributed by atoms with Crippen molar-refractivity contribution in [2.24, 2.45) is 0 Å². The Balaban J connectivity index is 2.02. The third kappa shape index (κ3) is 2.39. The molecule has 2 heterocycles. The van der Waals surface area contributed by atoms with Gasteiger partial charge in [-0.3, -0.25) is 0 Å². The Bertz CT molecular complexity index is 775. The molecule has 100 valence electrons. The van der Waals surface area contributed by atoms with Crippen LogP contribution in [-0.4, -0.2) is 15.1 Å². The van der Waals surface area contributed by atoms with Gasteiger partial charge in [-0.2, -0.15) is 4.98 Å². The highest BCUT2D eigenvalue weighted by atomic mass is 79.9. The molecule has 3 aromatic rings. The van der Waals surface area contributed by atoms with E-state index in [0.717, 1.165) is 10.0 Å². The van der Waals surface area contributed by atoms with Crippen molar-refractivity contribution in [2.75, 3.05) is 5.73 Å². The minimum atomic E-state index is 0.282. The third-order valence-electron chi connectivity index (χ3n) is 2.65. The van der Waals surface area contributed by atoms with Crippen molar-refractivity contribution in [2.45, 2.75) is 0 Å². The molecular weight excluding hydrogens is 344 g/mol. The van der Waals surface area contributed by atoms with Crippen LogP contribution in [0.25, 0.3) is 23.0 Å². The Kier molecular flexibility index (Phi) is 3.42. The van der Waals surface area contributed by atoms with E-state index in [1.807, 2.05) is 12.1 Å². The Labute approximate surface area is 127 Å². The molecule has 0 bridgehead atoms. The summed E-state index contributed by atoms with van der Waals surface area (Å²) < 4.78 is 5.97. The topological polar surface area (TPSA) is 77.8 Å². The van der Waals surface area contributed by atoms with Crippen molar-refractivity contribution >= 4 is 33.2 Å². The van der Waals surface area contributed by atoms with Gasteiger partial charge in [0.05, 0.1) is 10.7 Å². The van der Waals surface area contributed by atoms with Crippen LogP contribution < -0.4 is 5.73 Å². The van der Waals surface area contributed by atoms with E-state index >= 15 is 0 Å². The highest BCUT2D eigenvalue weighted by Gasteiger charge is 2.14. The molecule has 7 heteroatoms. The minimum Gasteiger partial charge on any atom is -0.397 e. The second kappa shape index (κ2) is 5.22. The largest absolute Gasteiger partial charge is 0.397 e. The number of hydrogen-bond acceptors (Lipinski definition) is 5. The summed E-state index contributed by atoms with van der Waals surface area (Å²) in [4.78, 5) is 8.43. The van der Waals surface area contributed by atoms with Gasteiger partial charge in [0.25, 0.3) is 5.89 Å². The Morgan fingerprint density at radius 1 is 1.25 bits per heavy atom. The molecule has 2 N–H and O–H groups in total. The minimum absolute atomic E-state index is 0.282. The van der Waals surface area contributed by atoms with E-state index in [0.29, 0.717) is 22.2 Å². The zero-order valence-corrected chi connectivity index (χ0v) is 12.4. The average molecular weight is 352 g/mol. The summed E-state index contributed by atoms with van der Waals surface area (Å²) >= 11 is 9.31. The SMILES string of the molecule is Nc1cccnc1-c1nc(-c2ccc(Cl)c(Br)c2)no1. The van der Waals surface area contributed by atoms with Crippen molar-refractivity contribution in [3.05, 3.63) is 46.0 Å². The molecule has 3 rings (SSSR count). The van der Waals surface area contributed by atoms with Crippen LogP contribution in [0.4, 0.5) is 5.69 Å². The summed E-state index contributed by atoms with van der Waals surface area (Å²) in [5.41, 5.74) is 7.57. The quantitative estimate of drug-likeness (QED) is 0.760. The van der Waals surface area contributed by atoms with E-state index in [9.17, 15) is 0 Å². The Hall–Kier alpha value is -1.92. The Morgan fingerprint density at radius 3 is 2.85 bits per heavy atom. The Morgan fingerprint density at radius 2 is 2.10 bits per heavy atom. The van der Waals surface area contributed by atoms with Gasteiger partial charge in [-0.05, 0) is 46.3 Å². The van der Waals surface area contributed by atoms with Crippen LogP contribution in [0.1, 0.15) is 0 Å². The lowest BCUT2D eigenvalue weighted by Gasteiger charge is -1.98. The highest BCUT2D eigenvalue weighted by Crippen LogP contribution is 2.29. The summed E-state index contributed by atoms with van der Waals surface area (Å²) in [7, 11) is 0. The molecule has 0 fully saturated rings. The summed E-state index contributed by atoms with van der Waals surface area (Å²) in [6.45, 7) is 0. The van der Waals surface area contributed by atoms with Crippen molar-refractivity contribution in [1.29, 1.82) is 0 Å². The van der Waals surface area contributed by atoms with Crippen LogP contribution in [0.5, 0.6) is 0 Å². The van der Waals surface area contributed by atoms with E-state index in [1.165, 1.54) is 0 Å². The van der Waals surface area contributed by atoms with E-state index in [1.54, 1.807) is 24.4 Å². The monoisotopic (exact) mass is 350 g/mol. The van der Waals surface area contributed by atoms with Crippen LogP contribution in [-0.2, 0) is 0 Å². The third-order valence-corrected chi connectivity index (χ3v) is 3.86. The predicted octanol–water partition coefficient (Wildman–Crippen LogP) is 3.80. The van der Waals surface area contributed by atoms with Gasteiger partial charge in [-0.1, -0.05) is 16.8 Å².